The van der Waals surface area contributed by atoms with Crippen molar-refractivity contribution in [3.05, 3.63) is 27.2 Å². The summed E-state index contributed by atoms with van der Waals surface area (Å²) < 4.78 is 0.598. The molecule has 7 heteroatoms. The standard InChI is InChI=1S/C10H12BrClN4O/c1-5-3-6(12)4-7(11)8(5)16(9(13)14)10(17)15-2/h3-4H,1-2H3,(H3,13,14)(H,15,17). The Balaban J connectivity index is 3.38. The second-order valence-electron chi connectivity index (χ2n) is 3.33. The van der Waals surface area contributed by atoms with Gasteiger partial charge in [0.1, 0.15) is 0 Å². The van der Waals surface area contributed by atoms with Crippen molar-refractivity contribution in [2.45, 2.75) is 6.92 Å². The number of guanidine groups is 1. The fourth-order valence-corrected chi connectivity index (χ4v) is 2.56. The third kappa shape index (κ3) is 2.89. The highest BCUT2D eigenvalue weighted by molar-refractivity contribution is 9.10. The Kier molecular flexibility index (Phi) is 4.36. The maximum absolute atomic E-state index is 11.7. The second-order valence-corrected chi connectivity index (χ2v) is 4.62. The molecule has 0 saturated heterocycles. The number of urea groups is 1. The topological polar surface area (TPSA) is 82.2 Å². The highest BCUT2D eigenvalue weighted by Gasteiger charge is 2.22. The van der Waals surface area contributed by atoms with Crippen molar-refractivity contribution >= 4 is 45.2 Å². The lowest BCUT2D eigenvalue weighted by molar-refractivity contribution is 0.251. The Morgan fingerprint density at radius 3 is 2.59 bits per heavy atom. The minimum atomic E-state index is -0.483. The molecule has 0 heterocycles. The molecule has 1 aromatic carbocycles. The summed E-state index contributed by atoms with van der Waals surface area (Å²) in [6, 6.07) is 2.85. The van der Waals surface area contributed by atoms with Crippen LogP contribution in [0.1, 0.15) is 5.56 Å². The lowest BCUT2D eigenvalue weighted by atomic mass is 10.2. The average Bonchev–Trinajstić information content (AvgIpc) is 2.21. The lowest BCUT2D eigenvalue weighted by Crippen LogP contribution is -2.46. The zero-order valence-corrected chi connectivity index (χ0v) is 11.7. The van der Waals surface area contributed by atoms with E-state index in [-0.39, 0.29) is 5.96 Å². The molecule has 0 fully saturated rings. The summed E-state index contributed by atoms with van der Waals surface area (Å²) in [7, 11) is 1.47. The molecule has 0 aromatic heterocycles. The van der Waals surface area contributed by atoms with Gasteiger partial charge in [-0.15, -0.1) is 0 Å². The Bertz CT molecular complexity index is 454. The maximum Gasteiger partial charge on any atom is 0.328 e. The predicted molar refractivity (Wildman–Crippen MR) is 72.7 cm³/mol. The molecule has 0 bridgehead atoms. The number of nitrogens with zero attached hydrogens (tertiary/aromatic N) is 1. The minimum Gasteiger partial charge on any atom is -0.369 e. The van der Waals surface area contributed by atoms with Gasteiger partial charge in [-0.3, -0.25) is 5.41 Å². The third-order valence-electron chi connectivity index (χ3n) is 2.10. The summed E-state index contributed by atoms with van der Waals surface area (Å²) in [6.07, 6.45) is 0. The smallest absolute Gasteiger partial charge is 0.328 e. The van der Waals surface area contributed by atoms with Crippen LogP contribution in [0.25, 0.3) is 0 Å². The molecule has 0 atom stereocenters. The van der Waals surface area contributed by atoms with Crippen LogP contribution >= 0.6 is 27.5 Å². The number of hydrogen-bond donors (Lipinski definition) is 3. The maximum atomic E-state index is 11.7. The molecular formula is C10H12BrClN4O. The number of rotatable bonds is 1. The largest absolute Gasteiger partial charge is 0.369 e. The van der Waals surface area contributed by atoms with E-state index in [1.54, 1.807) is 19.1 Å². The van der Waals surface area contributed by atoms with Gasteiger partial charge >= 0.3 is 6.03 Å². The molecule has 2 amide bonds. The van der Waals surface area contributed by atoms with E-state index in [1.165, 1.54) is 7.05 Å². The van der Waals surface area contributed by atoms with Gasteiger partial charge in [-0.05, 0) is 40.5 Å². The normalized spacial score (nSPS) is 9.88. The number of carbonyl (C=O) groups is 1. The first-order valence-electron chi connectivity index (χ1n) is 4.70. The zero-order valence-electron chi connectivity index (χ0n) is 9.34. The van der Waals surface area contributed by atoms with Gasteiger partial charge in [0.25, 0.3) is 0 Å². The highest BCUT2D eigenvalue weighted by atomic mass is 79.9. The monoisotopic (exact) mass is 318 g/mol. The number of halogens is 2. The summed E-state index contributed by atoms with van der Waals surface area (Å²) in [5, 5.41) is 10.4. The quantitative estimate of drug-likeness (QED) is 0.549. The van der Waals surface area contributed by atoms with Crippen LogP contribution in [0.3, 0.4) is 0 Å². The van der Waals surface area contributed by atoms with E-state index in [1.807, 2.05) is 0 Å². The minimum absolute atomic E-state index is 0.365. The van der Waals surface area contributed by atoms with Crippen molar-refractivity contribution in [1.82, 2.24) is 5.32 Å². The van der Waals surface area contributed by atoms with Gasteiger partial charge in [0, 0.05) is 16.5 Å². The number of amides is 2. The molecule has 92 valence electrons. The molecule has 0 spiro atoms. The van der Waals surface area contributed by atoms with Crippen LogP contribution < -0.4 is 16.0 Å². The van der Waals surface area contributed by atoms with Crippen LogP contribution in [0.15, 0.2) is 16.6 Å². The Labute approximate surface area is 113 Å². The van der Waals surface area contributed by atoms with Gasteiger partial charge in [0.15, 0.2) is 0 Å². The van der Waals surface area contributed by atoms with Gasteiger partial charge in [-0.2, -0.15) is 0 Å². The van der Waals surface area contributed by atoms with Crippen LogP contribution in [0.2, 0.25) is 5.02 Å². The zero-order chi connectivity index (χ0) is 13.2. The molecule has 0 aliphatic carbocycles. The summed E-state index contributed by atoms with van der Waals surface area (Å²) in [6.45, 7) is 1.78. The Morgan fingerprint density at radius 1 is 1.59 bits per heavy atom. The first-order valence-corrected chi connectivity index (χ1v) is 5.87. The third-order valence-corrected chi connectivity index (χ3v) is 2.92. The number of aryl methyl sites for hydroxylation is 1. The van der Waals surface area contributed by atoms with Gasteiger partial charge in [-0.1, -0.05) is 11.6 Å². The molecule has 0 aliphatic heterocycles. The molecule has 1 rings (SSSR count). The number of carbonyl (C=O) groups excluding carboxylic acids is 1. The molecule has 0 radical (unpaired) electrons. The second kappa shape index (κ2) is 5.37. The van der Waals surface area contributed by atoms with Gasteiger partial charge < -0.3 is 11.1 Å². The van der Waals surface area contributed by atoms with Gasteiger partial charge in [-0.25, -0.2) is 9.69 Å². The Morgan fingerprint density at radius 2 is 2.18 bits per heavy atom. The van der Waals surface area contributed by atoms with E-state index in [9.17, 15) is 4.79 Å². The van der Waals surface area contributed by atoms with Crippen LogP contribution in [-0.4, -0.2) is 19.0 Å². The van der Waals surface area contributed by atoms with Crippen molar-refractivity contribution in [3.63, 3.8) is 0 Å². The number of nitrogens with one attached hydrogen (secondary N) is 2. The van der Waals surface area contributed by atoms with E-state index in [0.717, 1.165) is 10.5 Å². The first kappa shape index (κ1) is 13.8. The van der Waals surface area contributed by atoms with Crippen LogP contribution in [0.4, 0.5) is 10.5 Å². The molecule has 1 aromatic rings. The van der Waals surface area contributed by atoms with E-state index >= 15 is 0 Å². The van der Waals surface area contributed by atoms with Crippen molar-refractivity contribution in [1.29, 1.82) is 5.41 Å². The summed E-state index contributed by atoms with van der Waals surface area (Å²) in [4.78, 5) is 12.7. The van der Waals surface area contributed by atoms with E-state index in [0.29, 0.717) is 15.2 Å². The predicted octanol–water partition coefficient (Wildman–Crippen LogP) is 2.45. The van der Waals surface area contributed by atoms with Gasteiger partial charge in [0.2, 0.25) is 5.96 Å². The van der Waals surface area contributed by atoms with Crippen molar-refractivity contribution < 1.29 is 4.79 Å². The fraction of sp³-hybridized carbons (Fsp3) is 0.200. The summed E-state index contributed by atoms with van der Waals surface area (Å²) >= 11 is 9.19. The number of hydrogen-bond acceptors (Lipinski definition) is 2. The summed E-state index contributed by atoms with van der Waals surface area (Å²) in [5.41, 5.74) is 6.66. The number of nitrogens with two attached hydrogens (primary N) is 1. The van der Waals surface area contributed by atoms with Crippen LogP contribution in [0.5, 0.6) is 0 Å². The number of anilines is 1. The highest BCUT2D eigenvalue weighted by Crippen LogP contribution is 2.33. The van der Waals surface area contributed by atoms with E-state index < -0.39 is 6.03 Å². The van der Waals surface area contributed by atoms with Gasteiger partial charge in [0.05, 0.1) is 5.69 Å². The molecule has 5 nitrogen and oxygen atoms in total. The van der Waals surface area contributed by atoms with E-state index in [4.69, 9.17) is 22.7 Å². The molecule has 0 aliphatic rings. The van der Waals surface area contributed by atoms with Crippen LogP contribution in [-0.2, 0) is 0 Å². The summed E-state index contributed by atoms with van der Waals surface area (Å²) in [5.74, 6) is -0.365. The molecule has 17 heavy (non-hydrogen) atoms. The lowest BCUT2D eigenvalue weighted by Gasteiger charge is -2.23. The van der Waals surface area contributed by atoms with E-state index in [2.05, 4.69) is 21.2 Å². The molecular weight excluding hydrogens is 307 g/mol. The SMILES string of the molecule is CNC(=O)N(C(=N)N)c1c(C)cc(Cl)cc1Br. The molecule has 4 N–H and O–H groups in total. The molecule has 0 saturated carbocycles. The number of benzene rings is 1. The van der Waals surface area contributed by atoms with Crippen LogP contribution in [0, 0.1) is 12.3 Å². The Hall–Kier alpha value is -1.27. The van der Waals surface area contributed by atoms with Crippen molar-refractivity contribution in [2.75, 3.05) is 11.9 Å². The molecule has 0 unspecified atom stereocenters. The fourth-order valence-electron chi connectivity index (χ4n) is 1.42. The van der Waals surface area contributed by atoms with Crippen molar-refractivity contribution in [2.24, 2.45) is 5.73 Å². The van der Waals surface area contributed by atoms with Crippen molar-refractivity contribution in [3.8, 4) is 0 Å². The first-order chi connectivity index (χ1) is 7.88. The average molecular weight is 320 g/mol.